The molecule has 0 saturated carbocycles. The summed E-state index contributed by atoms with van der Waals surface area (Å²) >= 11 is 0. The number of fused-ring (bicyclic) bond motifs is 1. The number of carbonyl (C=O) groups is 2. The van der Waals surface area contributed by atoms with E-state index >= 15 is 0 Å². The minimum atomic E-state index is -0.204. The van der Waals surface area contributed by atoms with Crippen LogP contribution in [0.4, 0.5) is 0 Å². The first-order chi connectivity index (χ1) is 13.6. The number of rotatable bonds is 5. The van der Waals surface area contributed by atoms with Crippen molar-refractivity contribution in [1.29, 1.82) is 0 Å². The summed E-state index contributed by atoms with van der Waals surface area (Å²) in [6, 6.07) is 17.6. The van der Waals surface area contributed by atoms with Crippen LogP contribution in [0.3, 0.4) is 0 Å². The lowest BCUT2D eigenvalue weighted by atomic mass is 10.0. The van der Waals surface area contributed by atoms with Crippen LogP contribution < -0.4 is 0 Å². The third-order valence-electron chi connectivity index (χ3n) is 5.48. The van der Waals surface area contributed by atoms with Crippen LogP contribution in [-0.4, -0.2) is 59.7 Å². The average Bonchev–Trinajstić information content (AvgIpc) is 3.32. The maximum atomic E-state index is 13.4. The highest BCUT2D eigenvalue weighted by Gasteiger charge is 2.33. The molecule has 0 aliphatic carbocycles. The Hall–Kier alpha value is -2.92. The van der Waals surface area contributed by atoms with Crippen LogP contribution in [0.2, 0.25) is 0 Å². The second-order valence-electron chi connectivity index (χ2n) is 7.57. The van der Waals surface area contributed by atoms with Gasteiger partial charge in [-0.2, -0.15) is 0 Å². The zero-order valence-corrected chi connectivity index (χ0v) is 16.3. The van der Waals surface area contributed by atoms with E-state index in [1.54, 1.807) is 19.0 Å². The van der Waals surface area contributed by atoms with Gasteiger partial charge in [0.1, 0.15) is 0 Å². The molecule has 1 N–H and O–H groups in total. The van der Waals surface area contributed by atoms with E-state index in [-0.39, 0.29) is 24.3 Å². The number of hydrogen-bond acceptors (Lipinski definition) is 3. The lowest BCUT2D eigenvalue weighted by Crippen LogP contribution is -2.44. The number of hydrogen-bond donors (Lipinski definition) is 1. The van der Waals surface area contributed by atoms with Crippen LogP contribution in [0.5, 0.6) is 0 Å². The highest BCUT2D eigenvalue weighted by atomic mass is 16.2. The summed E-state index contributed by atoms with van der Waals surface area (Å²) in [5.74, 6) is 0.127. The van der Waals surface area contributed by atoms with Crippen LogP contribution in [-0.2, 0) is 4.79 Å². The molecule has 1 saturated heterocycles. The first-order valence-corrected chi connectivity index (χ1v) is 9.71. The van der Waals surface area contributed by atoms with Crippen LogP contribution in [0, 0.1) is 0 Å². The molecule has 1 atom stereocenters. The Labute approximate surface area is 165 Å². The molecular weight excluding hydrogens is 350 g/mol. The van der Waals surface area contributed by atoms with Crippen molar-refractivity contribution in [2.75, 3.05) is 27.2 Å². The van der Waals surface area contributed by atoms with Crippen molar-refractivity contribution in [3.63, 3.8) is 0 Å². The molecule has 4 rings (SSSR count). The summed E-state index contributed by atoms with van der Waals surface area (Å²) in [5.41, 5.74) is 3.50. The molecule has 1 aromatic heterocycles. The number of nitrogens with zero attached hydrogens (tertiary/aromatic N) is 2. The van der Waals surface area contributed by atoms with Gasteiger partial charge in [0.25, 0.3) is 0 Å². The number of aromatic amines is 1. The fourth-order valence-electron chi connectivity index (χ4n) is 4.11. The van der Waals surface area contributed by atoms with E-state index in [0.717, 1.165) is 41.5 Å². The van der Waals surface area contributed by atoms with Crippen molar-refractivity contribution in [1.82, 2.24) is 14.8 Å². The predicted molar refractivity (Wildman–Crippen MR) is 111 cm³/mol. The first kappa shape index (κ1) is 18.4. The number of likely N-dealkylation sites (tertiary alicyclic amines) is 1. The molecule has 28 heavy (non-hydrogen) atoms. The molecule has 1 aliphatic heterocycles. The minimum absolute atomic E-state index is 0.0507. The second kappa shape index (κ2) is 7.60. The van der Waals surface area contributed by atoms with Gasteiger partial charge in [0.05, 0.1) is 23.8 Å². The van der Waals surface area contributed by atoms with Crippen LogP contribution in [0.15, 0.2) is 54.6 Å². The lowest BCUT2D eigenvalue weighted by molar-refractivity contribution is -0.133. The molecule has 1 unspecified atom stereocenters. The Bertz CT molecular complexity index is 1010. The zero-order chi connectivity index (χ0) is 19.7. The van der Waals surface area contributed by atoms with Gasteiger partial charge in [-0.1, -0.05) is 48.5 Å². The highest BCUT2D eigenvalue weighted by molar-refractivity contribution is 6.14. The summed E-state index contributed by atoms with van der Waals surface area (Å²) in [5, 5.41) is 0.932. The number of amides is 1. The molecule has 2 heterocycles. The van der Waals surface area contributed by atoms with Crippen molar-refractivity contribution in [2.45, 2.75) is 18.9 Å². The van der Waals surface area contributed by atoms with Crippen molar-refractivity contribution in [2.24, 2.45) is 0 Å². The monoisotopic (exact) mass is 375 g/mol. The molecule has 0 spiro atoms. The van der Waals surface area contributed by atoms with Gasteiger partial charge in [0, 0.05) is 25.0 Å². The van der Waals surface area contributed by atoms with Gasteiger partial charge in [-0.05, 0) is 31.0 Å². The van der Waals surface area contributed by atoms with Crippen molar-refractivity contribution in [3.8, 4) is 11.3 Å². The number of H-pyrrole nitrogens is 1. The number of ketones is 1. The molecule has 1 aliphatic rings. The van der Waals surface area contributed by atoms with Crippen LogP contribution in [0.1, 0.15) is 23.2 Å². The third-order valence-corrected chi connectivity index (χ3v) is 5.48. The van der Waals surface area contributed by atoms with Crippen LogP contribution in [0.25, 0.3) is 22.2 Å². The minimum Gasteiger partial charge on any atom is -0.354 e. The van der Waals surface area contributed by atoms with Gasteiger partial charge >= 0.3 is 0 Å². The standard InChI is InChI=1S/C23H25N3O2/c1-25(2)23(28)19-13-8-14-26(19)15-20(27)21-17-11-6-7-12-18(17)24-22(21)16-9-4-3-5-10-16/h3-7,9-12,19,24H,8,13-15H2,1-2H3. The van der Waals surface area contributed by atoms with E-state index in [2.05, 4.69) is 4.98 Å². The molecule has 1 amide bonds. The van der Waals surface area contributed by atoms with Gasteiger partial charge in [-0.3, -0.25) is 14.5 Å². The predicted octanol–water partition coefficient (Wildman–Crippen LogP) is 3.57. The topological polar surface area (TPSA) is 56.4 Å². The summed E-state index contributed by atoms with van der Waals surface area (Å²) in [6.07, 6.45) is 1.75. The Morgan fingerprint density at radius 2 is 1.79 bits per heavy atom. The lowest BCUT2D eigenvalue weighted by Gasteiger charge is -2.25. The molecule has 0 radical (unpaired) electrons. The highest BCUT2D eigenvalue weighted by Crippen LogP contribution is 2.31. The normalized spacial score (nSPS) is 17.1. The first-order valence-electron chi connectivity index (χ1n) is 9.71. The quantitative estimate of drug-likeness (QED) is 0.694. The summed E-state index contributed by atoms with van der Waals surface area (Å²) in [6.45, 7) is 1.03. The number of likely N-dealkylation sites (N-methyl/N-ethyl adjacent to an activating group) is 1. The summed E-state index contributed by atoms with van der Waals surface area (Å²) in [7, 11) is 3.54. The van der Waals surface area contributed by atoms with E-state index in [9.17, 15) is 9.59 Å². The molecule has 3 aromatic rings. The van der Waals surface area contributed by atoms with Gasteiger partial charge in [-0.15, -0.1) is 0 Å². The van der Waals surface area contributed by atoms with E-state index in [1.807, 2.05) is 59.5 Å². The number of nitrogens with one attached hydrogen (secondary N) is 1. The molecule has 0 bridgehead atoms. The summed E-state index contributed by atoms with van der Waals surface area (Å²) < 4.78 is 0. The van der Waals surface area contributed by atoms with Gasteiger partial charge in [0.15, 0.2) is 5.78 Å². The van der Waals surface area contributed by atoms with Crippen molar-refractivity contribution < 1.29 is 9.59 Å². The fraction of sp³-hybridized carbons (Fsp3) is 0.304. The molecule has 2 aromatic carbocycles. The number of carbonyl (C=O) groups excluding carboxylic acids is 2. The van der Waals surface area contributed by atoms with E-state index in [1.165, 1.54) is 0 Å². The summed E-state index contributed by atoms with van der Waals surface area (Å²) in [4.78, 5) is 33.0. The van der Waals surface area contributed by atoms with Gasteiger partial charge < -0.3 is 9.88 Å². The number of para-hydroxylation sites is 1. The Morgan fingerprint density at radius 1 is 1.07 bits per heavy atom. The van der Waals surface area contributed by atoms with Gasteiger partial charge in [0.2, 0.25) is 5.91 Å². The Kier molecular flexibility index (Phi) is 5.01. The van der Waals surface area contributed by atoms with Crippen LogP contribution >= 0.6 is 0 Å². The molecule has 144 valence electrons. The van der Waals surface area contributed by atoms with Crippen molar-refractivity contribution in [3.05, 3.63) is 60.2 Å². The maximum absolute atomic E-state index is 13.4. The SMILES string of the molecule is CN(C)C(=O)C1CCCN1CC(=O)c1c(-c2ccccc2)[nH]c2ccccc12. The zero-order valence-electron chi connectivity index (χ0n) is 16.3. The molecule has 1 fully saturated rings. The average molecular weight is 375 g/mol. The smallest absolute Gasteiger partial charge is 0.239 e. The Morgan fingerprint density at radius 3 is 2.54 bits per heavy atom. The third kappa shape index (κ3) is 3.34. The Balaban J connectivity index is 1.70. The molecule has 5 heteroatoms. The van der Waals surface area contributed by atoms with E-state index in [4.69, 9.17) is 0 Å². The second-order valence-corrected chi connectivity index (χ2v) is 7.57. The molecule has 5 nitrogen and oxygen atoms in total. The van der Waals surface area contributed by atoms with E-state index < -0.39 is 0 Å². The number of aromatic nitrogens is 1. The molecular formula is C23H25N3O2. The largest absolute Gasteiger partial charge is 0.354 e. The van der Waals surface area contributed by atoms with Crippen molar-refractivity contribution >= 4 is 22.6 Å². The number of Topliss-reactive ketones (excluding diaryl/α,β-unsaturated/α-hetero) is 1. The maximum Gasteiger partial charge on any atom is 0.239 e. The number of benzene rings is 2. The fourth-order valence-corrected chi connectivity index (χ4v) is 4.11. The van der Waals surface area contributed by atoms with Gasteiger partial charge in [-0.25, -0.2) is 0 Å². The van der Waals surface area contributed by atoms with E-state index in [0.29, 0.717) is 5.56 Å².